The van der Waals surface area contributed by atoms with Crippen molar-refractivity contribution < 1.29 is 4.79 Å². The van der Waals surface area contributed by atoms with Gasteiger partial charge in [-0.05, 0) is 48.6 Å². The standard InChI is InChI=1S/C21H23ClN2OS/c1-3-16(2)24(21(25)20-11-7-13-26-20)15-18-9-6-12-23(18)14-17-8-4-5-10-19(17)22/h4-13,16H,3,14-15H2,1-2H3/t16-/m1/s1. The van der Waals surface area contributed by atoms with Crippen molar-refractivity contribution in [1.82, 2.24) is 9.47 Å². The summed E-state index contributed by atoms with van der Waals surface area (Å²) in [6.45, 7) is 5.50. The van der Waals surface area contributed by atoms with Crippen LogP contribution in [0.3, 0.4) is 0 Å². The van der Waals surface area contributed by atoms with Gasteiger partial charge in [0.1, 0.15) is 0 Å². The van der Waals surface area contributed by atoms with Gasteiger partial charge in [0.2, 0.25) is 0 Å². The minimum absolute atomic E-state index is 0.0971. The lowest BCUT2D eigenvalue weighted by molar-refractivity contribution is 0.0672. The van der Waals surface area contributed by atoms with Crippen LogP contribution >= 0.6 is 22.9 Å². The molecule has 3 rings (SSSR count). The molecule has 0 aliphatic heterocycles. The molecular weight excluding hydrogens is 364 g/mol. The van der Waals surface area contributed by atoms with Gasteiger partial charge in [0.15, 0.2) is 0 Å². The molecule has 0 aliphatic rings. The highest BCUT2D eigenvalue weighted by atomic mass is 35.5. The zero-order valence-electron chi connectivity index (χ0n) is 15.1. The van der Waals surface area contributed by atoms with E-state index in [4.69, 9.17) is 11.6 Å². The predicted octanol–water partition coefficient (Wildman–Crippen LogP) is 5.69. The van der Waals surface area contributed by atoms with Crippen LogP contribution in [0, 0.1) is 0 Å². The summed E-state index contributed by atoms with van der Waals surface area (Å²) in [6, 6.07) is 16.0. The number of benzene rings is 1. The second-order valence-electron chi connectivity index (χ2n) is 6.39. The van der Waals surface area contributed by atoms with Gasteiger partial charge in [-0.1, -0.05) is 42.8 Å². The molecule has 136 valence electrons. The van der Waals surface area contributed by atoms with E-state index >= 15 is 0 Å². The fourth-order valence-electron chi connectivity index (χ4n) is 2.92. The van der Waals surface area contributed by atoms with Crippen LogP contribution in [0.25, 0.3) is 0 Å². The van der Waals surface area contributed by atoms with Gasteiger partial charge in [0, 0.05) is 29.5 Å². The molecule has 26 heavy (non-hydrogen) atoms. The van der Waals surface area contributed by atoms with Gasteiger partial charge in [-0.3, -0.25) is 4.79 Å². The fourth-order valence-corrected chi connectivity index (χ4v) is 3.80. The highest BCUT2D eigenvalue weighted by Crippen LogP contribution is 2.21. The van der Waals surface area contributed by atoms with Crippen molar-refractivity contribution in [2.45, 2.75) is 39.4 Å². The average molecular weight is 387 g/mol. The second-order valence-corrected chi connectivity index (χ2v) is 7.74. The summed E-state index contributed by atoms with van der Waals surface area (Å²) in [6.07, 6.45) is 2.96. The number of carbonyl (C=O) groups is 1. The van der Waals surface area contributed by atoms with Crippen molar-refractivity contribution in [2.75, 3.05) is 0 Å². The van der Waals surface area contributed by atoms with Crippen LogP contribution in [0.1, 0.15) is 41.2 Å². The maximum Gasteiger partial charge on any atom is 0.264 e. The van der Waals surface area contributed by atoms with Crippen molar-refractivity contribution in [3.05, 3.63) is 81.3 Å². The van der Waals surface area contributed by atoms with Gasteiger partial charge < -0.3 is 9.47 Å². The third kappa shape index (κ3) is 4.19. The highest BCUT2D eigenvalue weighted by Gasteiger charge is 2.22. The van der Waals surface area contributed by atoms with Crippen LogP contribution in [0.5, 0.6) is 0 Å². The quantitative estimate of drug-likeness (QED) is 0.511. The number of nitrogens with zero attached hydrogens (tertiary/aromatic N) is 2. The van der Waals surface area contributed by atoms with Crippen molar-refractivity contribution in [1.29, 1.82) is 0 Å². The van der Waals surface area contributed by atoms with E-state index < -0.39 is 0 Å². The molecule has 0 aliphatic carbocycles. The molecule has 0 radical (unpaired) electrons. The molecule has 0 N–H and O–H groups in total. The SMILES string of the molecule is CC[C@@H](C)N(Cc1cccn1Cc1ccccc1Cl)C(=O)c1cccs1. The van der Waals surface area contributed by atoms with Gasteiger partial charge in [-0.15, -0.1) is 11.3 Å². The lowest BCUT2D eigenvalue weighted by Crippen LogP contribution is -2.38. The van der Waals surface area contributed by atoms with E-state index in [1.165, 1.54) is 11.3 Å². The Morgan fingerprint density at radius 2 is 2.00 bits per heavy atom. The number of hydrogen-bond donors (Lipinski definition) is 0. The summed E-state index contributed by atoms with van der Waals surface area (Å²) in [4.78, 5) is 15.7. The van der Waals surface area contributed by atoms with Crippen LogP contribution in [0.2, 0.25) is 5.02 Å². The Hall–Kier alpha value is -2.04. The van der Waals surface area contributed by atoms with E-state index in [0.29, 0.717) is 13.1 Å². The Kier molecular flexibility index (Phi) is 6.17. The molecule has 0 fully saturated rings. The maximum atomic E-state index is 13.0. The molecule has 0 saturated carbocycles. The Labute approximate surface area is 163 Å². The van der Waals surface area contributed by atoms with E-state index in [9.17, 15) is 4.79 Å². The van der Waals surface area contributed by atoms with E-state index in [0.717, 1.165) is 27.6 Å². The zero-order valence-corrected chi connectivity index (χ0v) is 16.6. The van der Waals surface area contributed by atoms with Gasteiger partial charge in [-0.2, -0.15) is 0 Å². The van der Waals surface area contributed by atoms with Crippen LogP contribution in [-0.4, -0.2) is 21.4 Å². The number of aromatic nitrogens is 1. The van der Waals surface area contributed by atoms with Gasteiger partial charge in [0.25, 0.3) is 5.91 Å². The lowest BCUT2D eigenvalue weighted by atomic mass is 10.2. The number of carbonyl (C=O) groups excluding carboxylic acids is 1. The van der Waals surface area contributed by atoms with Crippen molar-refractivity contribution in [3.63, 3.8) is 0 Å². The minimum atomic E-state index is 0.0971. The number of rotatable bonds is 7. The first-order valence-electron chi connectivity index (χ1n) is 8.82. The van der Waals surface area contributed by atoms with Gasteiger partial charge in [-0.25, -0.2) is 0 Å². The van der Waals surface area contributed by atoms with E-state index in [-0.39, 0.29) is 11.9 Å². The molecule has 5 heteroatoms. The summed E-state index contributed by atoms with van der Waals surface area (Å²) in [7, 11) is 0. The van der Waals surface area contributed by atoms with Crippen LogP contribution < -0.4 is 0 Å². The first kappa shape index (κ1) is 18.7. The van der Waals surface area contributed by atoms with Crippen molar-refractivity contribution in [3.8, 4) is 0 Å². The number of amides is 1. The van der Waals surface area contributed by atoms with Crippen molar-refractivity contribution in [2.24, 2.45) is 0 Å². The van der Waals surface area contributed by atoms with Crippen LogP contribution in [0.4, 0.5) is 0 Å². The Morgan fingerprint density at radius 3 is 2.69 bits per heavy atom. The monoisotopic (exact) mass is 386 g/mol. The Morgan fingerprint density at radius 1 is 1.19 bits per heavy atom. The largest absolute Gasteiger partial charge is 0.345 e. The van der Waals surface area contributed by atoms with E-state index in [1.54, 1.807) is 0 Å². The molecule has 1 amide bonds. The summed E-state index contributed by atoms with van der Waals surface area (Å²) in [5, 5.41) is 2.71. The molecule has 2 heterocycles. The summed E-state index contributed by atoms with van der Waals surface area (Å²) < 4.78 is 2.16. The molecule has 0 bridgehead atoms. The molecule has 0 saturated heterocycles. The molecule has 2 aromatic heterocycles. The molecule has 3 nitrogen and oxygen atoms in total. The molecule has 1 aromatic carbocycles. The summed E-state index contributed by atoms with van der Waals surface area (Å²) in [5.74, 6) is 0.0971. The Balaban J connectivity index is 1.83. The third-order valence-corrected chi connectivity index (χ3v) is 5.90. The average Bonchev–Trinajstić information content (AvgIpc) is 3.32. The fraction of sp³-hybridized carbons (Fsp3) is 0.286. The molecule has 1 atom stereocenters. The first-order valence-corrected chi connectivity index (χ1v) is 10.1. The first-order chi connectivity index (χ1) is 12.6. The Bertz CT molecular complexity index is 857. The summed E-state index contributed by atoms with van der Waals surface area (Å²) >= 11 is 7.81. The second kappa shape index (κ2) is 8.56. The molecule has 0 unspecified atom stereocenters. The van der Waals surface area contributed by atoms with Gasteiger partial charge >= 0.3 is 0 Å². The maximum absolute atomic E-state index is 13.0. The normalized spacial score (nSPS) is 12.1. The molecule has 3 aromatic rings. The van der Waals surface area contributed by atoms with Crippen LogP contribution in [0.15, 0.2) is 60.1 Å². The molecule has 0 spiro atoms. The van der Waals surface area contributed by atoms with E-state index in [2.05, 4.69) is 24.5 Å². The van der Waals surface area contributed by atoms with Crippen molar-refractivity contribution >= 4 is 28.8 Å². The number of hydrogen-bond acceptors (Lipinski definition) is 2. The number of thiophene rings is 1. The third-order valence-electron chi connectivity index (χ3n) is 4.67. The highest BCUT2D eigenvalue weighted by molar-refractivity contribution is 7.12. The van der Waals surface area contributed by atoms with E-state index in [1.807, 2.05) is 58.9 Å². The zero-order chi connectivity index (χ0) is 18.5. The topological polar surface area (TPSA) is 25.2 Å². The van der Waals surface area contributed by atoms with Crippen LogP contribution in [-0.2, 0) is 13.1 Å². The number of halogens is 1. The summed E-state index contributed by atoms with van der Waals surface area (Å²) in [5.41, 5.74) is 2.18. The van der Waals surface area contributed by atoms with Gasteiger partial charge in [0.05, 0.1) is 11.4 Å². The lowest BCUT2D eigenvalue weighted by Gasteiger charge is -2.29. The molecular formula is C21H23ClN2OS. The predicted molar refractivity (Wildman–Crippen MR) is 109 cm³/mol. The smallest absolute Gasteiger partial charge is 0.264 e. The minimum Gasteiger partial charge on any atom is -0.345 e.